The molecule has 0 aromatic carbocycles. The van der Waals surface area contributed by atoms with Gasteiger partial charge in [0.25, 0.3) is 0 Å². The smallest absolute Gasteiger partial charge is 0.0739 e. The lowest BCUT2D eigenvalue weighted by atomic mass is 10.0. The van der Waals surface area contributed by atoms with Crippen LogP contribution in [0.1, 0.15) is 0 Å². The molecule has 0 unspecified atom stereocenters. The van der Waals surface area contributed by atoms with Gasteiger partial charge < -0.3 is 0 Å². The summed E-state index contributed by atoms with van der Waals surface area (Å²) >= 11 is 120. The van der Waals surface area contributed by atoms with Crippen LogP contribution in [0.25, 0.3) is 0 Å². The van der Waals surface area contributed by atoms with Gasteiger partial charge >= 0.3 is 0 Å². The van der Waals surface area contributed by atoms with Gasteiger partial charge in [-0.25, -0.2) is 0 Å². The van der Waals surface area contributed by atoms with Crippen LogP contribution in [-0.2, 0) is 0 Å². The van der Waals surface area contributed by atoms with Crippen molar-refractivity contribution in [3.05, 3.63) is 0 Å². The first-order valence-corrected chi connectivity index (χ1v) is 34.3. The van der Waals surface area contributed by atoms with Gasteiger partial charge in [-0.1, -0.05) is 494 Å². The maximum Gasteiger partial charge on any atom is 0.162 e. The zero-order valence-corrected chi connectivity index (χ0v) is 68.5. The Hall–Kier alpha value is 14.9. The first kappa shape index (κ1) is 60.9. The minimum absolute atomic E-state index is 0.279. The van der Waals surface area contributed by atoms with Crippen LogP contribution >= 0.6 is 494 Å². The fourth-order valence-electron chi connectivity index (χ4n) is 2.50. The maximum atomic E-state index is 3.99. The van der Waals surface area contributed by atoms with Crippen LogP contribution in [0.5, 0.6) is 0 Å². The molecule has 0 rings (SSSR count). The largest absolute Gasteiger partial charge is 0.162 e. The summed E-state index contributed by atoms with van der Waals surface area (Å²) in [6, 6.07) is 0. The normalized spacial score (nSPS) is 17.2. The first-order chi connectivity index (χ1) is 19.2. The first-order valence-electron chi connectivity index (χ1n) is 9.46. The molecule has 0 radical (unpaired) electrons. The monoisotopic (exact) mass is 2630 g/mol. The summed E-state index contributed by atoms with van der Waals surface area (Å²) < 4.78 is -16.0. The third-order valence-electron chi connectivity index (χ3n) is 5.39. The van der Waals surface area contributed by atoms with Crippen LogP contribution in [0.3, 0.4) is 0 Å². The zero-order chi connectivity index (χ0) is 38.6. The highest BCUT2D eigenvalue weighted by Crippen LogP contribution is 2.82. The maximum absolute atomic E-state index is 3.99. The van der Waals surface area contributed by atoms with Gasteiger partial charge in [-0.15, -0.1) is 0 Å². The molecule has 0 bridgehead atoms. The van der Waals surface area contributed by atoms with E-state index in [0.29, 0.717) is 0 Å². The lowest BCUT2D eigenvalue weighted by Crippen LogP contribution is -2.73. The molecule has 0 spiro atoms. The number of hydrogen-bond donors (Lipinski definition) is 0. The van der Waals surface area contributed by atoms with E-state index < -0.39 is 44.2 Å². The molecule has 0 aliphatic heterocycles. The molecule has 0 amide bonds. The standard InChI is InChI=1S/C15HBr31/c16-1(17)2(18,19)3(20,21)4(22,23)5(24,25)6(26,27)7(28,29)8(30,31)9(32,33)10(34,35)11(36,37)12(38,39)13(40,41)14(42,43)15(44,45)46/h1H. The van der Waals surface area contributed by atoms with Gasteiger partial charge in [0.05, 0.1) is 3.74 Å². The van der Waals surface area contributed by atoms with Crippen molar-refractivity contribution >= 4 is 494 Å². The molecule has 278 valence electrons. The average Bonchev–Trinajstić information content (AvgIpc) is 2.81. The summed E-state index contributed by atoms with van der Waals surface area (Å²) in [7, 11) is 0. The minimum atomic E-state index is -1.26. The molecular formula is C15HBr31. The van der Waals surface area contributed by atoms with Crippen molar-refractivity contribution < 1.29 is 0 Å². The number of hydrogen-bond acceptors (Lipinski definition) is 0. The molecule has 0 aliphatic carbocycles. The molecule has 0 atom stereocenters. The van der Waals surface area contributed by atoms with E-state index in [1.165, 1.54) is 0 Å². The van der Waals surface area contributed by atoms with Crippen molar-refractivity contribution in [2.24, 2.45) is 0 Å². The fourth-order valence-corrected chi connectivity index (χ4v) is 32.8. The Labute approximate surface area is 528 Å². The Kier molecular flexibility index (Phi) is 26.5. The van der Waals surface area contributed by atoms with E-state index in [-0.39, 0.29) is 3.74 Å². The summed E-state index contributed by atoms with van der Waals surface area (Å²) in [5.41, 5.74) is 0. The van der Waals surface area contributed by atoms with Crippen LogP contribution < -0.4 is 0 Å². The van der Waals surface area contributed by atoms with Gasteiger partial charge in [0.15, 0.2) is 2.14 Å². The van der Waals surface area contributed by atoms with Crippen molar-refractivity contribution in [2.75, 3.05) is 0 Å². The highest BCUT2D eigenvalue weighted by Gasteiger charge is 2.83. The summed E-state index contributed by atoms with van der Waals surface area (Å²) in [6.45, 7) is 0. The zero-order valence-electron chi connectivity index (χ0n) is 19.3. The Balaban J connectivity index is 7.57. The van der Waals surface area contributed by atoms with Gasteiger partial charge in [-0.05, 0) is 0 Å². The Morgan fingerprint density at radius 1 is 0.196 bits per heavy atom. The van der Waals surface area contributed by atoms with Gasteiger partial charge in [0.2, 0.25) is 0 Å². The van der Waals surface area contributed by atoms with Crippen LogP contribution in [0.4, 0.5) is 0 Å². The van der Waals surface area contributed by atoms with E-state index in [9.17, 15) is 0 Å². The molecule has 0 aromatic rings. The highest BCUT2D eigenvalue weighted by atomic mass is 80.0. The second-order valence-corrected chi connectivity index (χ2v) is 63.0. The second-order valence-electron chi connectivity index (χ2n) is 8.31. The Bertz CT molecular complexity index is 1100. The van der Waals surface area contributed by atoms with Crippen LogP contribution in [-0.4, -0.2) is 47.9 Å². The van der Waals surface area contributed by atoms with E-state index in [1.807, 2.05) is 0 Å². The highest BCUT2D eigenvalue weighted by molar-refractivity contribution is 9.42. The van der Waals surface area contributed by atoms with E-state index in [0.717, 1.165) is 0 Å². The topological polar surface area (TPSA) is 0 Å². The SMILES string of the molecule is BrC(Br)C(Br)(Br)C(Br)(Br)C(Br)(Br)C(Br)(Br)C(Br)(Br)C(Br)(Br)C(Br)(Br)C(Br)(Br)C(Br)(Br)C(Br)(Br)C(Br)(Br)C(Br)(Br)C(Br)(Br)C(Br)(Br)Br. The van der Waals surface area contributed by atoms with Crippen LogP contribution in [0.15, 0.2) is 0 Å². The van der Waals surface area contributed by atoms with Gasteiger partial charge in [0, 0.05) is 0 Å². The average molecular weight is 2660 g/mol. The molecule has 31 heteroatoms. The number of halogens is 31. The van der Waals surface area contributed by atoms with Crippen molar-refractivity contribution in [1.82, 2.24) is 0 Å². The number of rotatable bonds is 13. The predicted molar refractivity (Wildman–Crippen MR) is 319 cm³/mol. The molecule has 0 saturated carbocycles. The molecule has 0 aromatic heterocycles. The van der Waals surface area contributed by atoms with E-state index in [4.69, 9.17) is 0 Å². The summed E-state index contributed by atoms with van der Waals surface area (Å²) in [6.07, 6.45) is 0. The van der Waals surface area contributed by atoms with Gasteiger partial charge in [-0.2, -0.15) is 0 Å². The lowest BCUT2D eigenvalue weighted by molar-refractivity contribution is 0.532. The molecular weight excluding hydrogens is 2660 g/mol. The molecule has 0 saturated heterocycles. The second kappa shape index (κ2) is 20.0. The third-order valence-corrected chi connectivity index (χ3v) is 70.4. The molecule has 0 aliphatic rings. The van der Waals surface area contributed by atoms with E-state index in [1.54, 1.807) is 0 Å². The van der Waals surface area contributed by atoms with E-state index >= 15 is 0 Å². The molecule has 46 heavy (non-hydrogen) atoms. The van der Waals surface area contributed by atoms with Crippen LogP contribution in [0, 0.1) is 0 Å². The molecule has 0 heterocycles. The molecule has 0 nitrogen and oxygen atoms in total. The molecule has 0 fully saturated rings. The quantitative estimate of drug-likeness (QED) is 0.161. The summed E-state index contributed by atoms with van der Waals surface area (Å²) in [4.78, 5) is 0. The van der Waals surface area contributed by atoms with Crippen molar-refractivity contribution in [3.8, 4) is 0 Å². The Morgan fingerprint density at radius 3 is 0.457 bits per heavy atom. The van der Waals surface area contributed by atoms with Crippen LogP contribution in [0.2, 0.25) is 0 Å². The van der Waals surface area contributed by atoms with Crippen molar-refractivity contribution in [1.29, 1.82) is 0 Å². The number of alkyl halides is 31. The third kappa shape index (κ3) is 10.4. The fraction of sp³-hybridized carbons (Fsp3) is 1.00. The van der Waals surface area contributed by atoms with Crippen molar-refractivity contribution in [2.45, 2.75) is 47.9 Å². The summed E-state index contributed by atoms with van der Waals surface area (Å²) in [5, 5.41) is 0. The summed E-state index contributed by atoms with van der Waals surface area (Å²) in [5.74, 6) is 0. The molecule has 0 N–H and O–H groups in total. The minimum Gasteiger partial charge on any atom is -0.0739 e. The van der Waals surface area contributed by atoms with Gasteiger partial charge in [0.1, 0.15) is 42.0 Å². The van der Waals surface area contributed by atoms with E-state index in [2.05, 4.69) is 494 Å². The lowest BCUT2D eigenvalue weighted by Gasteiger charge is -2.61. The van der Waals surface area contributed by atoms with Gasteiger partial charge in [-0.3, -0.25) is 0 Å². The predicted octanol–water partition coefficient (Wildman–Crippen LogP) is 23.3. The Morgan fingerprint density at radius 2 is 0.326 bits per heavy atom. The van der Waals surface area contributed by atoms with Crippen molar-refractivity contribution in [3.63, 3.8) is 0 Å².